The predicted octanol–water partition coefficient (Wildman–Crippen LogP) is 4.32. The summed E-state index contributed by atoms with van der Waals surface area (Å²) in [5.41, 5.74) is 2.29. The lowest BCUT2D eigenvalue weighted by atomic mass is 10.2. The van der Waals surface area contributed by atoms with Crippen LogP contribution < -0.4 is 0 Å². The summed E-state index contributed by atoms with van der Waals surface area (Å²) in [5.74, 6) is -0.251. The second-order valence-electron chi connectivity index (χ2n) is 3.99. The molecule has 0 saturated carbocycles. The molecule has 3 aromatic rings. The van der Waals surface area contributed by atoms with Crippen LogP contribution in [0.3, 0.4) is 0 Å². The molecule has 18 heavy (non-hydrogen) atoms. The molecule has 0 aliphatic carbocycles. The van der Waals surface area contributed by atoms with E-state index in [9.17, 15) is 4.39 Å². The predicted molar refractivity (Wildman–Crippen MR) is 69.5 cm³/mol. The molecule has 0 saturated heterocycles. The van der Waals surface area contributed by atoms with E-state index in [-0.39, 0.29) is 5.82 Å². The van der Waals surface area contributed by atoms with E-state index >= 15 is 0 Å². The molecule has 0 amide bonds. The van der Waals surface area contributed by atoms with Crippen molar-refractivity contribution < 1.29 is 4.39 Å². The minimum absolute atomic E-state index is 0.251. The Kier molecular flexibility index (Phi) is 2.35. The first kappa shape index (κ1) is 10.5. The Balaban J connectivity index is 2.30. The molecular formula is C15H9FN2. The van der Waals surface area contributed by atoms with Gasteiger partial charge in [0.15, 0.2) is 0 Å². The third-order valence-electron chi connectivity index (χ3n) is 2.91. The van der Waals surface area contributed by atoms with Gasteiger partial charge in [-0.2, -0.15) is 0 Å². The first-order chi connectivity index (χ1) is 8.79. The molecule has 3 rings (SSSR count). The largest absolute Gasteiger partial charge is 0.326 e. The van der Waals surface area contributed by atoms with Crippen LogP contribution in [-0.4, -0.2) is 4.57 Å². The van der Waals surface area contributed by atoms with E-state index in [1.807, 2.05) is 35.0 Å². The summed E-state index contributed by atoms with van der Waals surface area (Å²) < 4.78 is 15.0. The lowest BCUT2D eigenvalue weighted by molar-refractivity contribution is 0.629. The molecule has 3 heteroatoms. The quantitative estimate of drug-likeness (QED) is 0.556. The number of halogens is 1. The Morgan fingerprint density at radius 1 is 1.06 bits per heavy atom. The Labute approximate surface area is 104 Å². The van der Waals surface area contributed by atoms with Crippen LogP contribution in [0, 0.1) is 12.4 Å². The third kappa shape index (κ3) is 1.56. The monoisotopic (exact) mass is 236 g/mol. The van der Waals surface area contributed by atoms with Crippen molar-refractivity contribution in [1.82, 2.24) is 4.57 Å². The van der Waals surface area contributed by atoms with Gasteiger partial charge in [0.1, 0.15) is 5.82 Å². The fourth-order valence-corrected chi connectivity index (χ4v) is 2.09. The zero-order chi connectivity index (χ0) is 12.5. The van der Waals surface area contributed by atoms with Crippen LogP contribution in [0.15, 0.2) is 54.7 Å². The first-order valence-electron chi connectivity index (χ1n) is 5.53. The van der Waals surface area contributed by atoms with Crippen LogP contribution in [0.2, 0.25) is 0 Å². The topological polar surface area (TPSA) is 9.29 Å². The average Bonchev–Trinajstić information content (AvgIpc) is 2.81. The second kappa shape index (κ2) is 4.01. The summed E-state index contributed by atoms with van der Waals surface area (Å²) in [5, 5.41) is 0.829. The molecule has 1 heterocycles. The molecule has 0 unspecified atom stereocenters. The van der Waals surface area contributed by atoms with Crippen molar-refractivity contribution in [2.24, 2.45) is 0 Å². The molecule has 0 N–H and O–H groups in total. The standard InChI is InChI=1S/C15H9FN2/c1-17-13-4-2-3-5-15(13)18-9-8-11-10-12(16)6-7-14(11)18/h2-10H. The van der Waals surface area contributed by atoms with Crippen LogP contribution in [-0.2, 0) is 0 Å². The number of rotatable bonds is 1. The van der Waals surface area contributed by atoms with E-state index in [1.54, 1.807) is 12.1 Å². The number of para-hydroxylation sites is 2. The molecule has 86 valence electrons. The van der Waals surface area contributed by atoms with Crippen LogP contribution in [0.4, 0.5) is 10.1 Å². The second-order valence-corrected chi connectivity index (χ2v) is 3.99. The van der Waals surface area contributed by atoms with Gasteiger partial charge in [-0.1, -0.05) is 18.2 Å². The Hall–Kier alpha value is -2.60. The first-order valence-corrected chi connectivity index (χ1v) is 5.53. The highest BCUT2D eigenvalue weighted by molar-refractivity contribution is 5.83. The van der Waals surface area contributed by atoms with Crippen molar-refractivity contribution in [2.45, 2.75) is 0 Å². The number of fused-ring (bicyclic) bond motifs is 1. The zero-order valence-corrected chi connectivity index (χ0v) is 9.47. The van der Waals surface area contributed by atoms with Gasteiger partial charge in [0.2, 0.25) is 5.69 Å². The summed E-state index contributed by atoms with van der Waals surface area (Å²) in [7, 11) is 0. The summed E-state index contributed by atoms with van der Waals surface area (Å²) in [6.45, 7) is 7.18. The number of benzene rings is 2. The normalized spacial score (nSPS) is 10.4. The van der Waals surface area contributed by atoms with Gasteiger partial charge >= 0.3 is 0 Å². The molecule has 0 aliphatic heterocycles. The summed E-state index contributed by atoms with van der Waals surface area (Å²) >= 11 is 0. The SMILES string of the molecule is [C-]#[N+]c1ccccc1-n1ccc2cc(F)ccc21. The van der Waals surface area contributed by atoms with Gasteiger partial charge in [0.25, 0.3) is 0 Å². The smallest absolute Gasteiger partial charge is 0.210 e. The molecule has 0 spiro atoms. The molecule has 2 aromatic carbocycles. The highest BCUT2D eigenvalue weighted by Crippen LogP contribution is 2.27. The fraction of sp³-hybridized carbons (Fsp3) is 0. The van der Waals surface area contributed by atoms with Crippen molar-refractivity contribution >= 4 is 16.6 Å². The molecule has 0 aliphatic rings. The van der Waals surface area contributed by atoms with E-state index in [4.69, 9.17) is 6.57 Å². The maximum absolute atomic E-state index is 13.1. The van der Waals surface area contributed by atoms with Gasteiger partial charge in [-0.3, -0.25) is 0 Å². The minimum Gasteiger partial charge on any atom is -0.326 e. The lowest BCUT2D eigenvalue weighted by Crippen LogP contribution is -1.91. The minimum atomic E-state index is -0.251. The van der Waals surface area contributed by atoms with E-state index in [0.717, 1.165) is 16.6 Å². The molecular weight excluding hydrogens is 227 g/mol. The Morgan fingerprint density at radius 3 is 2.72 bits per heavy atom. The molecule has 0 radical (unpaired) electrons. The van der Waals surface area contributed by atoms with E-state index in [0.29, 0.717) is 5.69 Å². The van der Waals surface area contributed by atoms with Crippen molar-refractivity contribution in [1.29, 1.82) is 0 Å². The lowest BCUT2D eigenvalue weighted by Gasteiger charge is -2.07. The third-order valence-corrected chi connectivity index (χ3v) is 2.91. The van der Waals surface area contributed by atoms with Crippen molar-refractivity contribution in [3.05, 3.63) is 72.0 Å². The van der Waals surface area contributed by atoms with E-state index in [2.05, 4.69) is 4.85 Å². The van der Waals surface area contributed by atoms with Crippen molar-refractivity contribution in [3.8, 4) is 5.69 Å². The van der Waals surface area contributed by atoms with Gasteiger partial charge in [-0.25, -0.2) is 9.24 Å². The van der Waals surface area contributed by atoms with Gasteiger partial charge in [0, 0.05) is 11.6 Å². The number of hydrogen-bond donors (Lipinski definition) is 0. The highest BCUT2D eigenvalue weighted by Gasteiger charge is 2.07. The maximum atomic E-state index is 13.1. The molecule has 2 nitrogen and oxygen atoms in total. The molecule has 1 aromatic heterocycles. The van der Waals surface area contributed by atoms with Gasteiger partial charge < -0.3 is 4.57 Å². The van der Waals surface area contributed by atoms with E-state index in [1.165, 1.54) is 12.1 Å². The fourth-order valence-electron chi connectivity index (χ4n) is 2.09. The molecule has 0 bridgehead atoms. The van der Waals surface area contributed by atoms with Crippen LogP contribution in [0.5, 0.6) is 0 Å². The highest BCUT2D eigenvalue weighted by atomic mass is 19.1. The molecule has 0 fully saturated rings. The summed E-state index contributed by atoms with van der Waals surface area (Å²) in [6, 6.07) is 13.9. The van der Waals surface area contributed by atoms with E-state index < -0.39 is 0 Å². The van der Waals surface area contributed by atoms with Crippen LogP contribution >= 0.6 is 0 Å². The van der Waals surface area contributed by atoms with Gasteiger partial charge in [-0.05, 0) is 30.3 Å². The van der Waals surface area contributed by atoms with Crippen molar-refractivity contribution in [3.63, 3.8) is 0 Å². The number of nitrogens with zero attached hydrogens (tertiary/aromatic N) is 2. The molecule has 0 atom stereocenters. The van der Waals surface area contributed by atoms with Gasteiger partial charge in [0.05, 0.1) is 17.8 Å². The summed E-state index contributed by atoms with van der Waals surface area (Å²) in [4.78, 5) is 3.51. The maximum Gasteiger partial charge on any atom is 0.210 e. The number of hydrogen-bond acceptors (Lipinski definition) is 0. The van der Waals surface area contributed by atoms with Crippen molar-refractivity contribution in [2.75, 3.05) is 0 Å². The summed E-state index contributed by atoms with van der Waals surface area (Å²) in [6.07, 6.45) is 1.86. The Morgan fingerprint density at radius 2 is 1.89 bits per heavy atom. The zero-order valence-electron chi connectivity index (χ0n) is 9.47. The van der Waals surface area contributed by atoms with Gasteiger partial charge in [-0.15, -0.1) is 0 Å². The average molecular weight is 236 g/mol. The van der Waals surface area contributed by atoms with Crippen LogP contribution in [0.25, 0.3) is 21.4 Å². The van der Waals surface area contributed by atoms with Crippen LogP contribution in [0.1, 0.15) is 0 Å². The number of aromatic nitrogens is 1. The Bertz CT molecular complexity index is 766.